The van der Waals surface area contributed by atoms with E-state index in [-0.39, 0.29) is 32.6 Å². The number of phosphoric acid groups is 1. The minimum absolute atomic E-state index is 0.0372. The molecule has 378 valence electrons. The van der Waals surface area contributed by atoms with Crippen LogP contribution < -0.4 is 5.73 Å². The molecule has 0 bridgehead atoms. The summed E-state index contributed by atoms with van der Waals surface area (Å²) in [5.41, 5.74) is 5.35. The number of nitrogens with two attached hydrogens (primary N) is 1. The Kier molecular flexibility index (Phi) is 48.6. The van der Waals surface area contributed by atoms with E-state index in [1.165, 1.54) is 44.9 Å². The average Bonchev–Trinajstić information content (AvgIpc) is 3.32. The Hall–Kier alpha value is -3.85. The average molecular weight is 950 g/mol. The third kappa shape index (κ3) is 51.4. The zero-order valence-electron chi connectivity index (χ0n) is 41.8. The van der Waals surface area contributed by atoms with Gasteiger partial charge in [0.05, 0.1) is 13.2 Å². The van der Waals surface area contributed by atoms with E-state index in [1.54, 1.807) is 0 Å². The molecule has 10 heteroatoms. The number of allylic oxidation sites excluding steroid dienone is 22. The fourth-order valence-corrected chi connectivity index (χ4v) is 7.10. The second kappa shape index (κ2) is 51.5. The van der Waals surface area contributed by atoms with Crippen molar-refractivity contribution < 1.29 is 37.6 Å². The van der Waals surface area contributed by atoms with Crippen LogP contribution in [0.2, 0.25) is 0 Å². The van der Waals surface area contributed by atoms with Crippen LogP contribution in [0.3, 0.4) is 0 Å². The smallest absolute Gasteiger partial charge is 0.462 e. The third-order valence-electron chi connectivity index (χ3n) is 10.0. The van der Waals surface area contributed by atoms with Gasteiger partial charge < -0.3 is 20.1 Å². The molecule has 0 spiro atoms. The highest BCUT2D eigenvalue weighted by atomic mass is 31.2. The molecule has 0 radical (unpaired) electrons. The number of carbonyl (C=O) groups excluding carboxylic acids is 2. The van der Waals surface area contributed by atoms with Gasteiger partial charge in [-0.05, 0) is 96.3 Å². The highest BCUT2D eigenvalue weighted by Gasteiger charge is 2.26. The molecular weight excluding hydrogens is 858 g/mol. The third-order valence-corrected chi connectivity index (χ3v) is 11.0. The molecule has 67 heavy (non-hydrogen) atoms. The fraction of sp³-hybridized carbons (Fsp3) is 0.579. The van der Waals surface area contributed by atoms with Crippen molar-refractivity contribution in [3.63, 3.8) is 0 Å². The van der Waals surface area contributed by atoms with Crippen molar-refractivity contribution in [3.8, 4) is 0 Å². The first kappa shape index (κ1) is 63.1. The van der Waals surface area contributed by atoms with E-state index < -0.39 is 32.5 Å². The Morgan fingerprint density at radius 2 is 0.806 bits per heavy atom. The lowest BCUT2D eigenvalue weighted by Crippen LogP contribution is -2.29. The van der Waals surface area contributed by atoms with Gasteiger partial charge in [-0.1, -0.05) is 205 Å². The molecule has 0 aliphatic carbocycles. The van der Waals surface area contributed by atoms with E-state index in [0.29, 0.717) is 12.8 Å². The molecule has 0 aliphatic heterocycles. The Balaban J connectivity index is 4.04. The van der Waals surface area contributed by atoms with Gasteiger partial charge in [0, 0.05) is 19.4 Å². The maximum absolute atomic E-state index is 12.6. The molecule has 3 N–H and O–H groups in total. The van der Waals surface area contributed by atoms with E-state index in [4.69, 9.17) is 24.3 Å². The van der Waals surface area contributed by atoms with Crippen molar-refractivity contribution in [3.05, 3.63) is 134 Å². The SMILES string of the molecule is CC/C=C\C/C=C\C/C=C\C/C=C\C/C=C\C/C=C\C/C=C\CCCCCCCCCCCCCC(=O)OC(COC(=O)CC/C=C\C/C=C\C/C=C\C/C=C\CC)COP(=O)(O)OCCN. The molecule has 9 nitrogen and oxygen atoms in total. The predicted octanol–water partition coefficient (Wildman–Crippen LogP) is 15.8. The van der Waals surface area contributed by atoms with Crippen molar-refractivity contribution >= 4 is 19.8 Å². The van der Waals surface area contributed by atoms with Crippen molar-refractivity contribution in [1.82, 2.24) is 0 Å². The van der Waals surface area contributed by atoms with Gasteiger partial charge in [0.15, 0.2) is 6.10 Å². The number of rotatable bonds is 46. The molecule has 2 atom stereocenters. The summed E-state index contributed by atoms with van der Waals surface area (Å²) in [4.78, 5) is 34.9. The van der Waals surface area contributed by atoms with Gasteiger partial charge in [0.1, 0.15) is 6.61 Å². The lowest BCUT2D eigenvalue weighted by atomic mass is 10.0. The summed E-state index contributed by atoms with van der Waals surface area (Å²) in [6, 6.07) is 0. The molecule has 0 fully saturated rings. The molecule has 0 saturated heterocycles. The quantitative estimate of drug-likeness (QED) is 0.0265. The number of ether oxygens (including phenoxy) is 2. The summed E-state index contributed by atoms with van der Waals surface area (Å²) in [6.45, 7) is 3.39. The Morgan fingerprint density at radius 1 is 0.448 bits per heavy atom. The van der Waals surface area contributed by atoms with Crippen molar-refractivity contribution in [2.75, 3.05) is 26.4 Å². The maximum atomic E-state index is 12.6. The molecule has 0 aromatic heterocycles. The van der Waals surface area contributed by atoms with Crippen LogP contribution >= 0.6 is 7.82 Å². The van der Waals surface area contributed by atoms with Crippen LogP contribution in [0.25, 0.3) is 0 Å². The molecule has 0 saturated carbocycles. The molecule has 0 amide bonds. The van der Waals surface area contributed by atoms with Crippen LogP contribution in [0.1, 0.15) is 181 Å². The highest BCUT2D eigenvalue weighted by molar-refractivity contribution is 7.47. The molecular formula is C57H92NO8P. The van der Waals surface area contributed by atoms with Crippen molar-refractivity contribution in [2.24, 2.45) is 5.73 Å². The van der Waals surface area contributed by atoms with Crippen molar-refractivity contribution in [2.45, 2.75) is 187 Å². The summed E-state index contributed by atoms with van der Waals surface area (Å²) in [5.74, 6) is -0.938. The summed E-state index contributed by atoms with van der Waals surface area (Å²) in [6.07, 6.45) is 72.4. The summed E-state index contributed by atoms with van der Waals surface area (Å²) < 4.78 is 32.8. The zero-order chi connectivity index (χ0) is 48.8. The summed E-state index contributed by atoms with van der Waals surface area (Å²) in [5, 5.41) is 0. The standard InChI is InChI=1S/C57H92NO8P/c1-3-5-7-9-11-13-15-17-18-19-20-21-22-23-24-25-26-27-28-29-30-31-32-33-34-35-36-38-40-42-44-46-48-50-57(60)66-55(54-65-67(61,62)64-52-51-58)53-63-56(59)49-47-45-43-41-39-37-16-14-12-10-8-6-4-2/h5-8,11-14,17-18,20-21,23-24,26-27,29-30,37,39,43,45,55H,3-4,9-10,15-16,19,22,25,28,31-36,38,40-42,44,46-54,58H2,1-2H3,(H,61,62)/b7-5-,8-6-,13-11-,14-12-,18-17-,21-20-,24-23-,27-26-,30-29-,39-37-,45-43-. The van der Waals surface area contributed by atoms with E-state index in [0.717, 1.165) is 96.3 Å². The summed E-state index contributed by atoms with van der Waals surface area (Å²) >= 11 is 0. The van der Waals surface area contributed by atoms with E-state index >= 15 is 0 Å². The van der Waals surface area contributed by atoms with Crippen LogP contribution in [-0.2, 0) is 32.7 Å². The van der Waals surface area contributed by atoms with Gasteiger partial charge in [-0.15, -0.1) is 0 Å². The first-order chi connectivity index (χ1) is 32.8. The van der Waals surface area contributed by atoms with E-state index in [9.17, 15) is 19.0 Å². The Labute approximate surface area is 408 Å². The van der Waals surface area contributed by atoms with Gasteiger partial charge in [0.2, 0.25) is 0 Å². The lowest BCUT2D eigenvalue weighted by Gasteiger charge is -2.19. The van der Waals surface area contributed by atoms with Crippen LogP contribution in [0, 0.1) is 0 Å². The van der Waals surface area contributed by atoms with Crippen LogP contribution in [0.4, 0.5) is 0 Å². The monoisotopic (exact) mass is 950 g/mol. The zero-order valence-corrected chi connectivity index (χ0v) is 42.7. The predicted molar refractivity (Wildman–Crippen MR) is 284 cm³/mol. The molecule has 0 aromatic carbocycles. The minimum Gasteiger partial charge on any atom is -0.462 e. The molecule has 0 heterocycles. The highest BCUT2D eigenvalue weighted by Crippen LogP contribution is 2.43. The number of unbranched alkanes of at least 4 members (excludes halogenated alkanes) is 11. The first-order valence-corrected chi connectivity index (χ1v) is 27.2. The van der Waals surface area contributed by atoms with Crippen molar-refractivity contribution in [1.29, 1.82) is 0 Å². The Morgan fingerprint density at radius 3 is 1.21 bits per heavy atom. The normalized spacial score (nSPS) is 14.3. The topological polar surface area (TPSA) is 134 Å². The molecule has 0 aromatic rings. The van der Waals surface area contributed by atoms with Crippen LogP contribution in [-0.4, -0.2) is 49.3 Å². The number of carbonyl (C=O) groups is 2. The molecule has 2 unspecified atom stereocenters. The first-order valence-electron chi connectivity index (χ1n) is 25.7. The second-order valence-electron chi connectivity index (χ2n) is 16.3. The number of phosphoric ester groups is 1. The van der Waals surface area contributed by atoms with E-state index in [2.05, 4.69) is 135 Å². The van der Waals surface area contributed by atoms with Gasteiger partial charge in [0.25, 0.3) is 0 Å². The number of hydrogen-bond donors (Lipinski definition) is 2. The van der Waals surface area contributed by atoms with Gasteiger partial charge in [-0.2, -0.15) is 0 Å². The fourth-order valence-electron chi connectivity index (χ4n) is 6.33. The molecule has 0 rings (SSSR count). The lowest BCUT2D eigenvalue weighted by molar-refractivity contribution is -0.161. The summed E-state index contributed by atoms with van der Waals surface area (Å²) in [7, 11) is -4.41. The minimum atomic E-state index is -4.41. The Bertz CT molecular complexity index is 1550. The number of esters is 2. The van der Waals surface area contributed by atoms with Crippen LogP contribution in [0.15, 0.2) is 134 Å². The maximum Gasteiger partial charge on any atom is 0.472 e. The number of hydrogen-bond acceptors (Lipinski definition) is 8. The van der Waals surface area contributed by atoms with Gasteiger partial charge in [-0.3, -0.25) is 18.6 Å². The van der Waals surface area contributed by atoms with E-state index in [1.807, 2.05) is 12.2 Å². The van der Waals surface area contributed by atoms with Gasteiger partial charge in [-0.25, -0.2) is 4.57 Å². The van der Waals surface area contributed by atoms with Gasteiger partial charge >= 0.3 is 19.8 Å². The van der Waals surface area contributed by atoms with Crippen LogP contribution in [0.5, 0.6) is 0 Å². The largest absolute Gasteiger partial charge is 0.472 e. The molecule has 0 aliphatic rings. The second-order valence-corrected chi connectivity index (χ2v) is 17.7.